The van der Waals surface area contributed by atoms with Crippen LogP contribution in [0.2, 0.25) is 0 Å². The van der Waals surface area contributed by atoms with E-state index in [1.54, 1.807) is 23.7 Å². The summed E-state index contributed by atoms with van der Waals surface area (Å²) in [6.07, 6.45) is 0.578. The Labute approximate surface area is 160 Å². The molecule has 7 nitrogen and oxygen atoms in total. The molecule has 2 aromatic rings. The highest BCUT2D eigenvalue weighted by atomic mass is 32.2. The summed E-state index contributed by atoms with van der Waals surface area (Å²) in [5.41, 5.74) is 2.11. The fourth-order valence-corrected chi connectivity index (χ4v) is 5.69. The maximum absolute atomic E-state index is 12.5. The zero-order valence-electron chi connectivity index (χ0n) is 15.1. The number of ether oxygens (including phenoxy) is 1. The molecule has 4 rings (SSSR count). The number of benzene rings is 1. The first-order valence-electron chi connectivity index (χ1n) is 8.87. The summed E-state index contributed by atoms with van der Waals surface area (Å²) in [7, 11) is -3.12. The third-order valence-corrected chi connectivity index (χ3v) is 6.92. The lowest BCUT2D eigenvalue weighted by Gasteiger charge is -2.25. The number of nitrogens with zero attached hydrogens (tertiary/aromatic N) is 2. The first-order valence-corrected chi connectivity index (χ1v) is 10.7. The first-order chi connectivity index (χ1) is 13.2. The van der Waals surface area contributed by atoms with E-state index in [0.29, 0.717) is 23.5 Å². The minimum atomic E-state index is -3.12. The Balaban J connectivity index is 1.75. The van der Waals surface area contributed by atoms with Crippen LogP contribution in [-0.2, 0) is 14.6 Å². The van der Waals surface area contributed by atoms with Crippen molar-refractivity contribution in [3.63, 3.8) is 0 Å². The van der Waals surface area contributed by atoms with E-state index in [-0.39, 0.29) is 41.5 Å². The molecule has 1 saturated heterocycles. The van der Waals surface area contributed by atoms with Crippen molar-refractivity contribution in [2.45, 2.75) is 38.3 Å². The Morgan fingerprint density at radius 2 is 2.14 bits per heavy atom. The van der Waals surface area contributed by atoms with Crippen LogP contribution in [0.3, 0.4) is 0 Å². The summed E-state index contributed by atoms with van der Waals surface area (Å²) in [5, 5.41) is 7.32. The molecule has 0 aliphatic carbocycles. The van der Waals surface area contributed by atoms with E-state index in [0.717, 1.165) is 5.56 Å². The average Bonchev–Trinajstić information content (AvgIpc) is 3.13. The number of aromatic nitrogens is 2. The number of rotatable bonds is 4. The summed E-state index contributed by atoms with van der Waals surface area (Å²) >= 11 is 0. The van der Waals surface area contributed by atoms with Crippen LogP contribution >= 0.6 is 0 Å². The van der Waals surface area contributed by atoms with Crippen molar-refractivity contribution in [1.29, 1.82) is 0 Å². The van der Waals surface area contributed by atoms with Crippen LogP contribution in [0, 0.1) is 6.92 Å². The number of carbonyl (C=O) groups is 1. The lowest BCUT2D eigenvalue weighted by molar-refractivity contribution is -0.116. The molecule has 1 aromatic carbocycles. The fourth-order valence-electron chi connectivity index (χ4n) is 4.00. The number of fused-ring (bicyclic) bond motifs is 1. The van der Waals surface area contributed by atoms with Crippen molar-refractivity contribution in [3.8, 4) is 5.75 Å². The van der Waals surface area contributed by atoms with Gasteiger partial charge in [-0.25, -0.2) is 13.1 Å². The number of hydrogen-bond acceptors (Lipinski definition) is 5. The molecule has 150 valence electrons. The summed E-state index contributed by atoms with van der Waals surface area (Å²) in [5.74, 6) is -0.0291. The van der Waals surface area contributed by atoms with Crippen molar-refractivity contribution >= 4 is 21.6 Å². The number of nitrogens with one attached hydrogen (secondary N) is 1. The Bertz CT molecular complexity index is 1040. The lowest BCUT2D eigenvalue weighted by Crippen LogP contribution is -2.26. The van der Waals surface area contributed by atoms with Crippen LogP contribution in [0.25, 0.3) is 0 Å². The minimum Gasteiger partial charge on any atom is -0.435 e. The number of carbonyl (C=O) groups excluding carboxylic acids is 1. The van der Waals surface area contributed by atoms with Crippen molar-refractivity contribution in [3.05, 3.63) is 41.1 Å². The second kappa shape index (κ2) is 6.84. The molecule has 2 atom stereocenters. The summed E-state index contributed by atoms with van der Waals surface area (Å²) in [6, 6.07) is 5.94. The molecule has 0 bridgehead atoms. The van der Waals surface area contributed by atoms with Crippen molar-refractivity contribution in [2.75, 3.05) is 16.8 Å². The first kappa shape index (κ1) is 18.9. The van der Waals surface area contributed by atoms with E-state index >= 15 is 0 Å². The zero-order chi connectivity index (χ0) is 20.1. The summed E-state index contributed by atoms with van der Waals surface area (Å²) in [4.78, 5) is 12.4. The number of aryl methyl sites for hydroxylation is 1. The molecule has 1 N–H and O–H groups in total. The molecular formula is C18H19F2N3O4S. The predicted octanol–water partition coefficient (Wildman–Crippen LogP) is 2.63. The van der Waals surface area contributed by atoms with Crippen LogP contribution in [0.1, 0.15) is 41.6 Å². The van der Waals surface area contributed by atoms with Crippen LogP contribution in [0.4, 0.5) is 14.6 Å². The Kier molecular flexibility index (Phi) is 4.60. The second-order valence-corrected chi connectivity index (χ2v) is 9.33. The van der Waals surface area contributed by atoms with Gasteiger partial charge in [-0.05, 0) is 31.0 Å². The third kappa shape index (κ3) is 3.48. The fraction of sp³-hybridized carbons (Fsp3) is 0.444. The third-order valence-electron chi connectivity index (χ3n) is 5.17. The van der Waals surface area contributed by atoms with Crippen molar-refractivity contribution in [1.82, 2.24) is 9.78 Å². The highest BCUT2D eigenvalue weighted by Crippen LogP contribution is 2.42. The van der Waals surface area contributed by atoms with E-state index < -0.39 is 16.4 Å². The van der Waals surface area contributed by atoms with E-state index in [9.17, 15) is 22.0 Å². The van der Waals surface area contributed by atoms with Crippen LogP contribution in [-0.4, -0.2) is 42.2 Å². The highest BCUT2D eigenvalue weighted by molar-refractivity contribution is 7.91. The molecule has 0 saturated carbocycles. The number of hydrogen-bond donors (Lipinski definition) is 1. The van der Waals surface area contributed by atoms with Crippen molar-refractivity contribution < 1.29 is 26.7 Å². The maximum Gasteiger partial charge on any atom is 0.387 e. The van der Waals surface area contributed by atoms with Crippen LogP contribution in [0.5, 0.6) is 5.75 Å². The number of amides is 1. The predicted molar refractivity (Wildman–Crippen MR) is 97.4 cm³/mol. The van der Waals surface area contributed by atoms with E-state index in [1.807, 2.05) is 0 Å². The molecule has 3 heterocycles. The number of alkyl halides is 2. The quantitative estimate of drug-likeness (QED) is 0.835. The molecule has 0 spiro atoms. The van der Waals surface area contributed by atoms with Gasteiger partial charge >= 0.3 is 6.61 Å². The Hall–Kier alpha value is -2.49. The van der Waals surface area contributed by atoms with Crippen LogP contribution in [0.15, 0.2) is 24.3 Å². The number of halogens is 2. The molecule has 1 fully saturated rings. The number of sulfone groups is 1. The van der Waals surface area contributed by atoms with Crippen LogP contribution < -0.4 is 10.1 Å². The largest absolute Gasteiger partial charge is 0.435 e. The molecule has 2 aliphatic rings. The van der Waals surface area contributed by atoms with Gasteiger partial charge in [0.05, 0.1) is 23.2 Å². The molecule has 1 amide bonds. The summed E-state index contributed by atoms with van der Waals surface area (Å²) < 4.78 is 54.9. The van der Waals surface area contributed by atoms with Crippen molar-refractivity contribution in [2.24, 2.45) is 0 Å². The SMILES string of the molecule is Cc1nn([C@H]2CCS(=O)(=O)C2)c2c1[C@@H](c1cccc(OC(F)F)c1)CC(=O)N2. The second-order valence-electron chi connectivity index (χ2n) is 7.11. The minimum absolute atomic E-state index is 0.0151. The molecule has 1 aromatic heterocycles. The van der Waals surface area contributed by atoms with Gasteiger partial charge in [0.15, 0.2) is 9.84 Å². The lowest BCUT2D eigenvalue weighted by atomic mass is 9.85. The van der Waals surface area contributed by atoms with Gasteiger partial charge < -0.3 is 10.1 Å². The molecule has 0 radical (unpaired) electrons. The monoisotopic (exact) mass is 411 g/mol. The average molecular weight is 411 g/mol. The van der Waals surface area contributed by atoms with Gasteiger partial charge in [0.2, 0.25) is 5.91 Å². The van der Waals surface area contributed by atoms with E-state index in [4.69, 9.17) is 0 Å². The molecular weight excluding hydrogens is 392 g/mol. The van der Waals surface area contributed by atoms with Gasteiger partial charge in [-0.2, -0.15) is 13.9 Å². The summed E-state index contributed by atoms with van der Waals surface area (Å²) in [6.45, 7) is -1.14. The normalized spacial score (nSPS) is 23.5. The van der Waals surface area contributed by atoms with Gasteiger partial charge in [0, 0.05) is 17.9 Å². The maximum atomic E-state index is 12.5. The standard InChI is InChI=1S/C18H19F2N3O4S/c1-10-16-14(11-3-2-4-13(7-11)27-18(19)20)8-15(24)21-17(16)23(22-10)12-5-6-28(25,26)9-12/h2-4,7,12,14,18H,5-6,8-9H2,1H3,(H,21,24)/t12-,14+/m0/s1. The Morgan fingerprint density at radius 1 is 1.36 bits per heavy atom. The van der Waals surface area contributed by atoms with Gasteiger partial charge in [-0.3, -0.25) is 4.79 Å². The van der Waals surface area contributed by atoms with Gasteiger partial charge in [0.25, 0.3) is 0 Å². The highest BCUT2D eigenvalue weighted by Gasteiger charge is 2.37. The molecule has 2 aliphatic heterocycles. The molecule has 0 unspecified atom stereocenters. The van der Waals surface area contributed by atoms with Gasteiger partial charge in [-0.1, -0.05) is 12.1 Å². The van der Waals surface area contributed by atoms with E-state index in [2.05, 4.69) is 15.2 Å². The topological polar surface area (TPSA) is 90.3 Å². The number of anilines is 1. The smallest absolute Gasteiger partial charge is 0.387 e. The van der Waals surface area contributed by atoms with Gasteiger partial charge in [0.1, 0.15) is 11.6 Å². The van der Waals surface area contributed by atoms with Gasteiger partial charge in [-0.15, -0.1) is 0 Å². The van der Waals surface area contributed by atoms with E-state index in [1.165, 1.54) is 12.1 Å². The molecule has 10 heteroatoms. The zero-order valence-corrected chi connectivity index (χ0v) is 15.9. The molecule has 28 heavy (non-hydrogen) atoms. The Morgan fingerprint density at radius 3 is 2.82 bits per heavy atom.